The molecule has 2 aromatic rings. The van der Waals surface area contributed by atoms with Gasteiger partial charge in [0.05, 0.1) is 12.1 Å². The van der Waals surface area contributed by atoms with Crippen LogP contribution in [0.2, 0.25) is 0 Å². The van der Waals surface area contributed by atoms with Crippen LogP contribution in [-0.4, -0.2) is 52.7 Å². The van der Waals surface area contributed by atoms with E-state index >= 15 is 0 Å². The Kier molecular flexibility index (Phi) is 6.93. The van der Waals surface area contributed by atoms with Gasteiger partial charge in [0.2, 0.25) is 5.43 Å². The largest absolute Gasteiger partial charge is 0.487 e. The first-order valence-corrected chi connectivity index (χ1v) is 11.8. The van der Waals surface area contributed by atoms with E-state index in [1.165, 1.54) is 12.3 Å². The van der Waals surface area contributed by atoms with E-state index in [1.807, 2.05) is 13.8 Å². The van der Waals surface area contributed by atoms with Gasteiger partial charge >= 0.3 is 0 Å². The Balaban J connectivity index is 1.76. The number of aliphatic hydroxyl groups is 1. The summed E-state index contributed by atoms with van der Waals surface area (Å²) >= 11 is 0. The number of unbranched alkanes of at least 4 members (excludes halogenated alkanes) is 1. The van der Waals surface area contributed by atoms with Crippen LogP contribution in [0.15, 0.2) is 29.2 Å². The van der Waals surface area contributed by atoms with Crippen LogP contribution < -0.4 is 15.5 Å². The molecule has 2 amide bonds. The Hall–Kier alpha value is -3.27. The van der Waals surface area contributed by atoms with Crippen molar-refractivity contribution in [2.24, 2.45) is 5.92 Å². The zero-order valence-corrected chi connectivity index (χ0v) is 19.8. The van der Waals surface area contributed by atoms with Crippen LogP contribution in [-0.2, 0) is 12.1 Å². The number of aliphatic hydroxyl groups excluding tert-OH is 1. The topological polar surface area (TPSA) is 101 Å². The second-order valence-corrected chi connectivity index (χ2v) is 9.05. The van der Waals surface area contributed by atoms with E-state index in [0.29, 0.717) is 32.0 Å². The van der Waals surface area contributed by atoms with Crippen molar-refractivity contribution in [2.75, 3.05) is 26.3 Å². The molecule has 1 spiro atoms. The van der Waals surface area contributed by atoms with Crippen molar-refractivity contribution in [3.8, 4) is 5.75 Å². The van der Waals surface area contributed by atoms with E-state index in [1.54, 1.807) is 9.47 Å². The minimum absolute atomic E-state index is 0.0602. The van der Waals surface area contributed by atoms with Gasteiger partial charge in [0, 0.05) is 50.0 Å². The van der Waals surface area contributed by atoms with Crippen LogP contribution in [0.1, 0.15) is 59.5 Å². The van der Waals surface area contributed by atoms with Crippen molar-refractivity contribution in [1.29, 1.82) is 0 Å². The highest BCUT2D eigenvalue weighted by atomic mass is 19.1. The molecule has 2 aliphatic rings. The smallest absolute Gasteiger partial charge is 0.274 e. The number of hydrogen-bond acceptors (Lipinski definition) is 5. The zero-order valence-electron chi connectivity index (χ0n) is 19.8. The third kappa shape index (κ3) is 4.42. The summed E-state index contributed by atoms with van der Waals surface area (Å²) in [6, 6.07) is 3.01. The molecule has 10 heteroatoms. The van der Waals surface area contributed by atoms with Gasteiger partial charge in [0.1, 0.15) is 17.2 Å². The number of likely N-dealkylation sites (N-methyl/N-ethyl adjacent to an activating group) is 1. The Labute approximate surface area is 201 Å². The van der Waals surface area contributed by atoms with Crippen LogP contribution in [0, 0.1) is 17.6 Å². The Morgan fingerprint density at radius 2 is 2.06 bits per heavy atom. The number of nitrogens with one attached hydrogen (secondary N) is 1. The highest BCUT2D eigenvalue weighted by Gasteiger charge is 2.60. The minimum Gasteiger partial charge on any atom is -0.487 e. The summed E-state index contributed by atoms with van der Waals surface area (Å²) in [4.78, 5) is 41.3. The molecule has 2 heterocycles. The molecule has 1 aliphatic heterocycles. The molecule has 1 fully saturated rings. The molecule has 0 unspecified atom stereocenters. The highest BCUT2D eigenvalue weighted by molar-refractivity contribution is 5.99. The van der Waals surface area contributed by atoms with Crippen LogP contribution in [0.25, 0.3) is 0 Å². The van der Waals surface area contributed by atoms with Crippen molar-refractivity contribution in [1.82, 2.24) is 14.8 Å². The lowest BCUT2D eigenvalue weighted by atomic mass is 10.0. The van der Waals surface area contributed by atoms with Gasteiger partial charge in [-0.05, 0) is 25.8 Å². The molecule has 0 saturated heterocycles. The molecular formula is C25H29F2N3O5. The summed E-state index contributed by atoms with van der Waals surface area (Å²) in [7, 11) is 0. The monoisotopic (exact) mass is 489 g/mol. The molecule has 2 N–H and O–H groups in total. The standard InChI is InChI=1S/C25H29F2N3O5/c1-3-5-8-35-22-20-24(34)29(4-2)14-25(10-16(25)13-31)30(20)12-18(21(22)32)23(33)28-11-15-6-7-17(26)9-19(15)27/h6-7,9,12,16,31H,3-5,8,10-11,13-14H2,1-2H3,(H,28,33)/t16-,25-/m1/s1. The molecule has 1 saturated carbocycles. The number of nitrogens with zero attached hydrogens (tertiary/aromatic N) is 2. The average Bonchev–Trinajstić information content (AvgIpc) is 3.55. The SMILES string of the molecule is CCCCOc1c2n(cc(C(=O)NCc3ccc(F)cc3F)c1=O)[C@]1(C[C@@H]1CO)CN(CC)C2=O. The van der Waals surface area contributed by atoms with Crippen molar-refractivity contribution in [3.05, 3.63) is 63.1 Å². The predicted octanol–water partition coefficient (Wildman–Crippen LogP) is 2.42. The first-order valence-electron chi connectivity index (χ1n) is 11.8. The van der Waals surface area contributed by atoms with Crippen molar-refractivity contribution in [2.45, 2.75) is 45.2 Å². The van der Waals surface area contributed by atoms with E-state index in [9.17, 15) is 28.3 Å². The van der Waals surface area contributed by atoms with Crippen LogP contribution >= 0.6 is 0 Å². The number of carbonyl (C=O) groups is 2. The summed E-state index contributed by atoms with van der Waals surface area (Å²) < 4.78 is 34.6. The lowest BCUT2D eigenvalue weighted by Gasteiger charge is -2.37. The number of hydrogen-bond donors (Lipinski definition) is 2. The van der Waals surface area contributed by atoms with E-state index in [0.717, 1.165) is 12.5 Å². The van der Waals surface area contributed by atoms with Gasteiger partial charge in [-0.3, -0.25) is 14.4 Å². The number of carbonyl (C=O) groups excluding carboxylic acids is 2. The number of fused-ring (bicyclic) bond motifs is 2. The predicted molar refractivity (Wildman–Crippen MR) is 123 cm³/mol. The third-order valence-corrected chi connectivity index (χ3v) is 6.84. The molecule has 35 heavy (non-hydrogen) atoms. The average molecular weight is 490 g/mol. The van der Waals surface area contributed by atoms with Gasteiger partial charge in [-0.25, -0.2) is 8.78 Å². The summed E-state index contributed by atoms with van der Waals surface area (Å²) in [6.45, 7) is 4.40. The third-order valence-electron chi connectivity index (χ3n) is 6.84. The highest BCUT2D eigenvalue weighted by Crippen LogP contribution is 2.53. The van der Waals surface area contributed by atoms with Gasteiger partial charge in [0.15, 0.2) is 11.4 Å². The molecule has 0 bridgehead atoms. The number of ether oxygens (including phenoxy) is 1. The van der Waals surface area contributed by atoms with E-state index < -0.39 is 28.5 Å². The Morgan fingerprint density at radius 1 is 1.29 bits per heavy atom. The van der Waals surface area contributed by atoms with Gasteiger partial charge in [-0.1, -0.05) is 19.4 Å². The first kappa shape index (κ1) is 24.8. The van der Waals surface area contributed by atoms with E-state index in [2.05, 4.69) is 5.32 Å². The second kappa shape index (κ2) is 9.77. The second-order valence-electron chi connectivity index (χ2n) is 9.05. The summed E-state index contributed by atoms with van der Waals surface area (Å²) in [5.41, 5.74) is -1.47. The van der Waals surface area contributed by atoms with E-state index in [4.69, 9.17) is 4.74 Å². The fraction of sp³-hybridized carbons (Fsp3) is 0.480. The molecule has 4 rings (SSSR count). The first-order chi connectivity index (χ1) is 16.8. The molecule has 1 aliphatic carbocycles. The Bertz CT molecular complexity index is 1210. The van der Waals surface area contributed by atoms with E-state index in [-0.39, 0.29) is 54.2 Å². The molecule has 0 radical (unpaired) electrons. The number of pyridine rings is 1. The van der Waals surface area contributed by atoms with Crippen molar-refractivity contribution in [3.63, 3.8) is 0 Å². The zero-order chi connectivity index (χ0) is 25.3. The summed E-state index contributed by atoms with van der Waals surface area (Å²) in [5, 5.41) is 12.4. The Morgan fingerprint density at radius 3 is 2.69 bits per heavy atom. The maximum Gasteiger partial charge on any atom is 0.274 e. The van der Waals surface area contributed by atoms with Gasteiger partial charge < -0.3 is 24.6 Å². The number of rotatable bonds is 9. The maximum absolute atomic E-state index is 14.0. The van der Waals surface area contributed by atoms with Crippen molar-refractivity contribution >= 4 is 11.8 Å². The molecular weight excluding hydrogens is 460 g/mol. The van der Waals surface area contributed by atoms with Gasteiger partial charge in [-0.2, -0.15) is 0 Å². The van der Waals surface area contributed by atoms with Gasteiger partial charge in [0.25, 0.3) is 11.8 Å². The fourth-order valence-electron chi connectivity index (χ4n) is 4.67. The molecule has 8 nitrogen and oxygen atoms in total. The summed E-state index contributed by atoms with van der Waals surface area (Å²) in [6.07, 6.45) is 3.38. The molecule has 188 valence electrons. The van der Waals surface area contributed by atoms with Crippen LogP contribution in [0.4, 0.5) is 8.78 Å². The number of benzene rings is 1. The molecule has 1 aromatic heterocycles. The number of halogens is 2. The lowest BCUT2D eigenvalue weighted by molar-refractivity contribution is 0.0627. The lowest BCUT2D eigenvalue weighted by Crippen LogP contribution is -2.50. The van der Waals surface area contributed by atoms with Crippen LogP contribution in [0.5, 0.6) is 5.75 Å². The molecule has 1 aromatic carbocycles. The van der Waals surface area contributed by atoms with Crippen LogP contribution in [0.3, 0.4) is 0 Å². The summed E-state index contributed by atoms with van der Waals surface area (Å²) in [5.74, 6) is -3.02. The van der Waals surface area contributed by atoms with Crippen molar-refractivity contribution < 1.29 is 28.2 Å². The fourth-order valence-corrected chi connectivity index (χ4v) is 4.67. The van der Waals surface area contributed by atoms with Gasteiger partial charge in [-0.15, -0.1) is 0 Å². The number of amides is 2. The molecule has 2 atom stereocenters. The maximum atomic E-state index is 14.0. The normalized spacial score (nSPS) is 20.7. The minimum atomic E-state index is -0.816. The number of aromatic nitrogens is 1. The quantitative estimate of drug-likeness (QED) is 0.527.